The van der Waals surface area contributed by atoms with Gasteiger partial charge in [0.2, 0.25) is 5.95 Å². The molecule has 90 valence electrons. The molecule has 16 heavy (non-hydrogen) atoms. The van der Waals surface area contributed by atoms with Gasteiger partial charge in [-0.3, -0.25) is 0 Å². The Morgan fingerprint density at radius 1 is 1.38 bits per heavy atom. The van der Waals surface area contributed by atoms with Crippen molar-refractivity contribution in [1.29, 1.82) is 0 Å². The maximum atomic E-state index is 12.9. The van der Waals surface area contributed by atoms with Crippen molar-refractivity contribution in [2.75, 3.05) is 0 Å². The summed E-state index contributed by atoms with van der Waals surface area (Å²) in [6, 6.07) is 0.560. The zero-order valence-corrected chi connectivity index (χ0v) is 7.68. The highest BCUT2D eigenvalue weighted by atomic mass is 19.4. The summed E-state index contributed by atoms with van der Waals surface area (Å²) in [5.41, 5.74) is -1.32. The third kappa shape index (κ3) is 3.02. The molecule has 0 bridgehead atoms. The van der Waals surface area contributed by atoms with Gasteiger partial charge in [0.05, 0.1) is 6.61 Å². The van der Waals surface area contributed by atoms with Crippen LogP contribution in [0.3, 0.4) is 0 Å². The highest BCUT2D eigenvalue weighted by Crippen LogP contribution is 2.27. The Labute approximate surface area is 86.5 Å². The lowest BCUT2D eigenvalue weighted by molar-refractivity contribution is -0.275. The number of hydrogen-bond donors (Lipinski definition) is 1. The number of aromatic nitrogens is 1. The second kappa shape index (κ2) is 4.60. The molecule has 1 rings (SSSR count). The van der Waals surface area contributed by atoms with Gasteiger partial charge in [-0.1, -0.05) is 0 Å². The van der Waals surface area contributed by atoms with Gasteiger partial charge in [0, 0.05) is 5.56 Å². The van der Waals surface area contributed by atoms with Crippen LogP contribution in [0.4, 0.5) is 22.0 Å². The van der Waals surface area contributed by atoms with Gasteiger partial charge >= 0.3 is 6.36 Å². The molecule has 0 atom stereocenters. The van der Waals surface area contributed by atoms with E-state index in [1.165, 1.54) is 0 Å². The Balaban J connectivity index is 3.15. The van der Waals surface area contributed by atoms with E-state index in [4.69, 9.17) is 5.11 Å². The molecule has 0 unspecified atom stereocenters. The summed E-state index contributed by atoms with van der Waals surface area (Å²) < 4.78 is 64.1. The molecule has 1 aromatic heterocycles. The quantitative estimate of drug-likeness (QED) is 0.652. The van der Waals surface area contributed by atoms with Crippen LogP contribution in [0.1, 0.15) is 11.3 Å². The minimum absolute atomic E-state index is 0.503. The molecule has 0 aliphatic heterocycles. The van der Waals surface area contributed by atoms with Gasteiger partial charge in [-0.05, 0) is 6.07 Å². The van der Waals surface area contributed by atoms with E-state index in [1.807, 2.05) is 0 Å². The van der Waals surface area contributed by atoms with Crippen molar-refractivity contribution in [3.05, 3.63) is 23.3 Å². The van der Waals surface area contributed by atoms with E-state index < -0.39 is 42.6 Å². The van der Waals surface area contributed by atoms with Crippen LogP contribution in [0.5, 0.6) is 5.75 Å². The van der Waals surface area contributed by atoms with E-state index in [1.54, 1.807) is 0 Å². The normalized spacial score (nSPS) is 11.6. The lowest BCUT2D eigenvalue weighted by Gasteiger charge is -2.12. The molecule has 8 heteroatoms. The van der Waals surface area contributed by atoms with Crippen molar-refractivity contribution in [2.45, 2.75) is 19.6 Å². The Hall–Kier alpha value is -1.44. The molecule has 0 aliphatic rings. The van der Waals surface area contributed by atoms with Crippen LogP contribution in [-0.4, -0.2) is 16.5 Å². The van der Waals surface area contributed by atoms with Crippen LogP contribution in [0.15, 0.2) is 6.07 Å². The van der Waals surface area contributed by atoms with Gasteiger partial charge in [-0.25, -0.2) is 9.37 Å². The van der Waals surface area contributed by atoms with Crippen molar-refractivity contribution in [3.63, 3.8) is 0 Å². The van der Waals surface area contributed by atoms with Crippen molar-refractivity contribution < 1.29 is 31.8 Å². The summed E-state index contributed by atoms with van der Waals surface area (Å²) in [7, 11) is 0. The van der Waals surface area contributed by atoms with E-state index in [9.17, 15) is 22.0 Å². The van der Waals surface area contributed by atoms with Crippen LogP contribution in [0.2, 0.25) is 0 Å². The van der Waals surface area contributed by atoms with Gasteiger partial charge in [-0.2, -0.15) is 4.39 Å². The number of ether oxygens (including phenoxy) is 1. The van der Waals surface area contributed by atoms with E-state index in [-0.39, 0.29) is 0 Å². The number of halogens is 5. The summed E-state index contributed by atoms with van der Waals surface area (Å²) in [5, 5.41) is 8.59. The van der Waals surface area contributed by atoms with Gasteiger partial charge < -0.3 is 9.84 Å². The van der Waals surface area contributed by atoms with Crippen LogP contribution in [-0.2, 0) is 13.3 Å². The second-order valence-electron chi connectivity index (χ2n) is 2.72. The zero-order valence-electron chi connectivity index (χ0n) is 7.68. The molecule has 1 N–H and O–H groups in total. The monoisotopic (exact) mass is 243 g/mol. The number of alkyl halides is 4. The average Bonchev–Trinajstić information content (AvgIpc) is 2.18. The largest absolute Gasteiger partial charge is 0.573 e. The second-order valence-corrected chi connectivity index (χ2v) is 2.72. The molecular weight excluding hydrogens is 237 g/mol. The number of aliphatic hydroxyl groups excluding tert-OH is 1. The molecule has 0 aliphatic carbocycles. The highest BCUT2D eigenvalue weighted by molar-refractivity contribution is 5.31. The topological polar surface area (TPSA) is 42.4 Å². The van der Waals surface area contributed by atoms with Crippen LogP contribution >= 0.6 is 0 Å². The van der Waals surface area contributed by atoms with Crippen molar-refractivity contribution in [3.8, 4) is 5.75 Å². The predicted octanol–water partition coefficient (Wildman–Crippen LogP) is 2.08. The summed E-state index contributed by atoms with van der Waals surface area (Å²) in [6.45, 7) is -2.27. The first kappa shape index (κ1) is 12.6. The van der Waals surface area contributed by atoms with E-state index >= 15 is 0 Å². The SMILES string of the molecule is OCc1cc(OC(F)(F)F)c(CF)nc1F. The third-order valence-electron chi connectivity index (χ3n) is 1.61. The highest BCUT2D eigenvalue weighted by Gasteiger charge is 2.33. The Morgan fingerprint density at radius 2 is 2.00 bits per heavy atom. The maximum absolute atomic E-state index is 12.9. The number of nitrogens with zero attached hydrogens (tertiary/aromatic N) is 1. The number of pyridine rings is 1. The Morgan fingerprint density at radius 3 is 2.44 bits per heavy atom. The molecule has 0 fully saturated rings. The lowest BCUT2D eigenvalue weighted by atomic mass is 10.2. The van der Waals surface area contributed by atoms with Gasteiger partial charge in [0.1, 0.15) is 12.4 Å². The Bertz CT molecular complexity index is 379. The molecule has 0 spiro atoms. The first-order valence-corrected chi connectivity index (χ1v) is 3.98. The van der Waals surface area contributed by atoms with Crippen LogP contribution in [0.25, 0.3) is 0 Å². The molecule has 1 heterocycles. The van der Waals surface area contributed by atoms with Gasteiger partial charge in [-0.15, -0.1) is 13.2 Å². The number of hydrogen-bond acceptors (Lipinski definition) is 3. The predicted molar refractivity (Wildman–Crippen MR) is 41.6 cm³/mol. The van der Waals surface area contributed by atoms with E-state index in [2.05, 4.69) is 9.72 Å². The maximum Gasteiger partial charge on any atom is 0.573 e. The first-order chi connectivity index (χ1) is 7.37. The standard InChI is InChI=1S/C8H6F5NO2/c9-2-5-6(16-8(11,12)13)1-4(3-15)7(10)14-5/h1,15H,2-3H2. The number of aliphatic hydroxyl groups is 1. The molecule has 0 radical (unpaired) electrons. The van der Waals surface area contributed by atoms with Crippen molar-refractivity contribution >= 4 is 0 Å². The van der Waals surface area contributed by atoms with Crippen LogP contribution < -0.4 is 4.74 Å². The zero-order chi connectivity index (χ0) is 12.3. The minimum Gasteiger partial charge on any atom is -0.404 e. The molecule has 0 saturated heterocycles. The van der Waals surface area contributed by atoms with Gasteiger partial charge in [0.25, 0.3) is 0 Å². The van der Waals surface area contributed by atoms with E-state index in [0.29, 0.717) is 6.07 Å². The Kier molecular flexibility index (Phi) is 3.63. The smallest absolute Gasteiger partial charge is 0.404 e. The first-order valence-electron chi connectivity index (χ1n) is 3.98. The van der Waals surface area contributed by atoms with Crippen molar-refractivity contribution in [2.24, 2.45) is 0 Å². The van der Waals surface area contributed by atoms with E-state index in [0.717, 1.165) is 0 Å². The lowest BCUT2D eigenvalue weighted by Crippen LogP contribution is -2.19. The molecule has 0 aromatic carbocycles. The summed E-state index contributed by atoms with van der Waals surface area (Å²) in [6.07, 6.45) is -5.03. The fourth-order valence-corrected chi connectivity index (χ4v) is 0.966. The fourth-order valence-electron chi connectivity index (χ4n) is 0.966. The van der Waals surface area contributed by atoms with Gasteiger partial charge in [0.15, 0.2) is 5.75 Å². The molecule has 1 aromatic rings. The summed E-state index contributed by atoms with van der Waals surface area (Å²) in [5.74, 6) is -2.19. The van der Waals surface area contributed by atoms with Crippen LogP contribution in [0, 0.1) is 5.95 Å². The number of rotatable bonds is 3. The molecule has 0 saturated carbocycles. The third-order valence-corrected chi connectivity index (χ3v) is 1.61. The summed E-state index contributed by atoms with van der Waals surface area (Å²) >= 11 is 0. The molecule has 3 nitrogen and oxygen atoms in total. The molecular formula is C8H6F5NO2. The minimum atomic E-state index is -5.03. The average molecular weight is 243 g/mol. The summed E-state index contributed by atoms with van der Waals surface area (Å²) in [4.78, 5) is 2.92. The molecule has 0 amide bonds. The van der Waals surface area contributed by atoms with Crippen molar-refractivity contribution in [1.82, 2.24) is 4.98 Å². The fraction of sp³-hybridized carbons (Fsp3) is 0.375.